The highest BCUT2D eigenvalue weighted by Crippen LogP contribution is 2.28. The van der Waals surface area contributed by atoms with E-state index in [0.29, 0.717) is 12.3 Å². The second-order valence-corrected chi connectivity index (χ2v) is 10.8. The maximum atomic E-state index is 12.9. The summed E-state index contributed by atoms with van der Waals surface area (Å²) in [7, 11) is 0. The van der Waals surface area contributed by atoms with E-state index >= 15 is 0 Å². The van der Waals surface area contributed by atoms with Gasteiger partial charge in [-0.15, -0.1) is 0 Å². The lowest BCUT2D eigenvalue weighted by atomic mass is 9.84. The van der Waals surface area contributed by atoms with Gasteiger partial charge in [-0.3, -0.25) is 4.79 Å². The van der Waals surface area contributed by atoms with Crippen LogP contribution in [0.5, 0.6) is 0 Å². The van der Waals surface area contributed by atoms with E-state index in [9.17, 15) is 4.79 Å². The van der Waals surface area contributed by atoms with E-state index in [-0.39, 0.29) is 17.4 Å². The molecule has 1 amide bonds. The van der Waals surface area contributed by atoms with Crippen LogP contribution in [0.15, 0.2) is 24.3 Å². The molecule has 1 aromatic heterocycles. The first-order valence-corrected chi connectivity index (χ1v) is 11.8. The van der Waals surface area contributed by atoms with E-state index < -0.39 is 0 Å². The number of aryl methyl sites for hydroxylation is 1. The lowest BCUT2D eigenvalue weighted by molar-refractivity contribution is -0.134. The van der Waals surface area contributed by atoms with Crippen LogP contribution in [-0.2, 0) is 11.2 Å². The number of aromatic nitrogens is 2. The summed E-state index contributed by atoms with van der Waals surface area (Å²) in [6, 6.07) is 8.73. The summed E-state index contributed by atoms with van der Waals surface area (Å²) in [6.45, 7) is 15.6. The Morgan fingerprint density at radius 3 is 2.57 bits per heavy atom. The maximum absolute atomic E-state index is 12.9. The van der Waals surface area contributed by atoms with Crippen molar-refractivity contribution in [3.05, 3.63) is 41.2 Å². The summed E-state index contributed by atoms with van der Waals surface area (Å²) in [6.07, 6.45) is 2.47. The first kappa shape index (κ1) is 22.7. The number of hydrogen-bond acceptors (Lipinski definition) is 5. The van der Waals surface area contributed by atoms with E-state index in [0.717, 1.165) is 43.4 Å². The molecule has 0 N–H and O–H groups in total. The van der Waals surface area contributed by atoms with E-state index in [1.807, 2.05) is 0 Å². The van der Waals surface area contributed by atoms with Crippen molar-refractivity contribution in [2.24, 2.45) is 11.3 Å². The minimum Gasteiger partial charge on any atom is -0.343 e. The summed E-state index contributed by atoms with van der Waals surface area (Å²) in [5.74, 6) is 1.58. The van der Waals surface area contributed by atoms with Crippen LogP contribution in [0.25, 0.3) is 0 Å². The van der Waals surface area contributed by atoms with Crippen LogP contribution in [0.1, 0.15) is 64.4 Å². The molecule has 6 heteroatoms. The first-order chi connectivity index (χ1) is 14.1. The Hall–Kier alpha value is -1.95. The highest BCUT2D eigenvalue weighted by atomic mass is 32.1. The minimum atomic E-state index is 0.192. The lowest BCUT2D eigenvalue weighted by Crippen LogP contribution is -2.54. The summed E-state index contributed by atoms with van der Waals surface area (Å²) < 4.78 is 4.57. The van der Waals surface area contributed by atoms with Gasteiger partial charge in [-0.2, -0.15) is 4.37 Å². The number of hydrogen-bond donors (Lipinski definition) is 0. The fraction of sp³-hybridized carbons (Fsp3) is 0.625. The maximum Gasteiger partial charge on any atom is 0.223 e. The van der Waals surface area contributed by atoms with Gasteiger partial charge in [0.05, 0.1) is 0 Å². The number of nitrogens with zero attached hydrogens (tertiary/aromatic N) is 4. The van der Waals surface area contributed by atoms with Crippen LogP contribution in [-0.4, -0.2) is 45.8 Å². The van der Waals surface area contributed by atoms with Gasteiger partial charge in [0.2, 0.25) is 11.0 Å². The van der Waals surface area contributed by atoms with Crippen LogP contribution in [0.3, 0.4) is 0 Å². The summed E-state index contributed by atoms with van der Waals surface area (Å²) in [4.78, 5) is 22.0. The van der Waals surface area contributed by atoms with Crippen LogP contribution < -0.4 is 4.90 Å². The Bertz CT molecular complexity index is 840. The standard InChI is InChI=1S/C24H36N4OS/c1-17-7-9-20(10-8-17)14-21-25-23(30-26-21)27-11-12-28(19(3)16-27)22(29)13-18(2)15-24(4,5)6/h7-10,18-19H,11-16H2,1-6H3/t18-,19+/m1/s1. The van der Waals surface area contributed by atoms with Crippen LogP contribution in [0.2, 0.25) is 0 Å². The number of amides is 1. The molecule has 3 rings (SSSR count). The van der Waals surface area contributed by atoms with Gasteiger partial charge in [0.1, 0.15) is 5.82 Å². The molecular formula is C24H36N4OS. The molecule has 2 atom stereocenters. The zero-order valence-corrected chi connectivity index (χ0v) is 20.1. The first-order valence-electron chi connectivity index (χ1n) is 11.0. The molecule has 1 aliphatic heterocycles. The molecular weight excluding hydrogens is 392 g/mol. The molecule has 5 nitrogen and oxygen atoms in total. The topological polar surface area (TPSA) is 49.3 Å². The summed E-state index contributed by atoms with van der Waals surface area (Å²) in [5, 5.41) is 0.970. The van der Waals surface area contributed by atoms with Crippen LogP contribution in [0.4, 0.5) is 5.13 Å². The normalized spacial score (nSPS) is 18.5. The van der Waals surface area contributed by atoms with Crippen molar-refractivity contribution in [2.45, 2.75) is 66.8 Å². The number of carbonyl (C=O) groups is 1. The molecule has 0 aliphatic carbocycles. The van der Waals surface area contributed by atoms with Gasteiger partial charge in [-0.05, 0) is 37.2 Å². The van der Waals surface area contributed by atoms with E-state index in [2.05, 4.69) is 80.0 Å². The fourth-order valence-electron chi connectivity index (χ4n) is 4.37. The number of benzene rings is 1. The predicted octanol–water partition coefficient (Wildman–Crippen LogP) is 4.94. The Balaban J connectivity index is 1.54. The predicted molar refractivity (Wildman–Crippen MR) is 125 cm³/mol. The third-order valence-electron chi connectivity index (χ3n) is 5.64. The fourth-order valence-corrected chi connectivity index (χ4v) is 5.09. The third-order valence-corrected chi connectivity index (χ3v) is 6.46. The van der Waals surface area contributed by atoms with Gasteiger partial charge < -0.3 is 9.80 Å². The molecule has 1 aliphatic rings. The monoisotopic (exact) mass is 428 g/mol. The molecule has 164 valence electrons. The molecule has 2 heterocycles. The largest absolute Gasteiger partial charge is 0.343 e. The van der Waals surface area contributed by atoms with Gasteiger partial charge in [-0.25, -0.2) is 4.98 Å². The van der Waals surface area contributed by atoms with Crippen LogP contribution >= 0.6 is 11.5 Å². The van der Waals surface area contributed by atoms with Gasteiger partial charge in [0.15, 0.2) is 0 Å². The van der Waals surface area contributed by atoms with E-state index in [1.54, 1.807) is 0 Å². The Morgan fingerprint density at radius 1 is 1.23 bits per heavy atom. The molecule has 1 aromatic carbocycles. The van der Waals surface area contributed by atoms with Crippen LogP contribution in [0, 0.1) is 18.3 Å². The van der Waals surface area contributed by atoms with Crippen molar-refractivity contribution in [3.63, 3.8) is 0 Å². The Morgan fingerprint density at radius 2 is 1.93 bits per heavy atom. The van der Waals surface area contributed by atoms with Crippen molar-refractivity contribution >= 4 is 22.6 Å². The number of anilines is 1. The average molecular weight is 429 g/mol. The smallest absolute Gasteiger partial charge is 0.223 e. The SMILES string of the molecule is Cc1ccc(Cc2nsc(N3CCN(C(=O)C[C@@H](C)CC(C)(C)C)[C@@H](C)C3)n2)cc1. The second-order valence-electron chi connectivity index (χ2n) is 10.1. The molecule has 0 unspecified atom stereocenters. The molecule has 1 fully saturated rings. The summed E-state index contributed by atoms with van der Waals surface area (Å²) >= 11 is 1.47. The van der Waals surface area contributed by atoms with Crippen molar-refractivity contribution in [3.8, 4) is 0 Å². The summed E-state index contributed by atoms with van der Waals surface area (Å²) in [5.41, 5.74) is 2.76. The molecule has 30 heavy (non-hydrogen) atoms. The molecule has 1 saturated heterocycles. The van der Waals surface area contributed by atoms with Gasteiger partial charge >= 0.3 is 0 Å². The van der Waals surface area contributed by atoms with Gasteiger partial charge in [0.25, 0.3) is 0 Å². The van der Waals surface area contributed by atoms with E-state index in [1.165, 1.54) is 22.7 Å². The van der Waals surface area contributed by atoms with Crippen molar-refractivity contribution in [2.75, 3.05) is 24.5 Å². The highest BCUT2D eigenvalue weighted by molar-refractivity contribution is 7.09. The van der Waals surface area contributed by atoms with Crippen molar-refractivity contribution in [1.29, 1.82) is 0 Å². The number of piperazine rings is 1. The third kappa shape index (κ3) is 6.27. The second kappa shape index (κ2) is 9.46. The molecule has 0 bridgehead atoms. The molecule has 2 aromatic rings. The Kier molecular flexibility index (Phi) is 7.17. The van der Waals surface area contributed by atoms with Gasteiger partial charge in [-0.1, -0.05) is 57.5 Å². The Labute approximate surface area is 185 Å². The molecule has 0 radical (unpaired) electrons. The zero-order valence-electron chi connectivity index (χ0n) is 19.3. The molecule has 0 spiro atoms. The molecule has 0 saturated carbocycles. The highest BCUT2D eigenvalue weighted by Gasteiger charge is 2.30. The average Bonchev–Trinajstić information content (AvgIpc) is 3.10. The zero-order chi connectivity index (χ0) is 21.9. The van der Waals surface area contributed by atoms with Gasteiger partial charge in [0, 0.05) is 50.1 Å². The minimum absolute atomic E-state index is 0.192. The van der Waals surface area contributed by atoms with Crippen molar-refractivity contribution in [1.82, 2.24) is 14.3 Å². The quantitative estimate of drug-likeness (QED) is 0.654. The van der Waals surface area contributed by atoms with E-state index in [4.69, 9.17) is 4.98 Å². The van der Waals surface area contributed by atoms with Crippen molar-refractivity contribution < 1.29 is 4.79 Å². The lowest BCUT2D eigenvalue weighted by Gasteiger charge is -2.40. The number of carbonyl (C=O) groups excluding carboxylic acids is 1. The number of rotatable bonds is 6.